The molecule has 1 fully saturated rings. The number of fused-ring (bicyclic) bond motifs is 1. The predicted octanol–water partition coefficient (Wildman–Crippen LogP) is 3.42. The van der Waals surface area contributed by atoms with E-state index in [0.717, 1.165) is 41.5 Å². The number of amides is 1. The fourth-order valence-corrected chi connectivity index (χ4v) is 4.86. The Morgan fingerprint density at radius 3 is 2.78 bits per heavy atom. The van der Waals surface area contributed by atoms with Crippen molar-refractivity contribution >= 4 is 49.9 Å². The van der Waals surface area contributed by atoms with Gasteiger partial charge in [-0.2, -0.15) is 0 Å². The first-order valence-electron chi connectivity index (χ1n) is 10.1. The summed E-state index contributed by atoms with van der Waals surface area (Å²) >= 11 is 7.83. The third-order valence-corrected chi connectivity index (χ3v) is 6.71. The number of anilines is 1. The lowest BCUT2D eigenvalue weighted by Gasteiger charge is -2.34. The number of non-ortho nitro benzene ring substituents is 1. The second kappa shape index (κ2) is 9.68. The Morgan fingerprint density at radius 1 is 1.28 bits per heavy atom. The summed E-state index contributed by atoms with van der Waals surface area (Å²) in [5.41, 5.74) is 0.977. The van der Waals surface area contributed by atoms with Crippen molar-refractivity contribution in [3.63, 3.8) is 0 Å². The first kappa shape index (κ1) is 22.3. The zero-order valence-corrected chi connectivity index (χ0v) is 19.0. The maximum Gasteiger partial charge on any atom is 0.270 e. The highest BCUT2D eigenvalue weighted by molar-refractivity contribution is 7.22. The fraction of sp³-hybridized carbons (Fsp3) is 0.333. The summed E-state index contributed by atoms with van der Waals surface area (Å²) in [6.45, 7) is 4.53. The maximum absolute atomic E-state index is 12.3. The number of ether oxygens (including phenoxy) is 1. The first-order chi connectivity index (χ1) is 15.5. The van der Waals surface area contributed by atoms with Crippen LogP contribution >= 0.6 is 22.9 Å². The molecule has 1 aromatic heterocycles. The Kier molecular flexibility index (Phi) is 6.73. The van der Waals surface area contributed by atoms with Crippen LogP contribution in [-0.4, -0.2) is 67.1 Å². The van der Waals surface area contributed by atoms with Crippen molar-refractivity contribution in [2.24, 2.45) is 0 Å². The quantitative estimate of drug-likeness (QED) is 0.412. The van der Waals surface area contributed by atoms with Gasteiger partial charge < -0.3 is 15.0 Å². The van der Waals surface area contributed by atoms with E-state index in [1.165, 1.54) is 18.2 Å². The molecule has 0 radical (unpaired) electrons. The molecule has 0 aliphatic carbocycles. The second-order valence-electron chi connectivity index (χ2n) is 7.32. The molecule has 11 heteroatoms. The number of carbonyl (C=O) groups is 1. The molecular weight excluding hydrogens is 454 g/mol. The smallest absolute Gasteiger partial charge is 0.270 e. The van der Waals surface area contributed by atoms with Gasteiger partial charge in [-0.15, -0.1) is 0 Å². The summed E-state index contributed by atoms with van der Waals surface area (Å²) in [6.07, 6.45) is 0. The van der Waals surface area contributed by atoms with E-state index in [2.05, 4.69) is 15.1 Å². The summed E-state index contributed by atoms with van der Waals surface area (Å²) in [6, 6.07) is 9.52. The van der Waals surface area contributed by atoms with E-state index in [1.807, 2.05) is 12.1 Å². The number of hydrogen-bond acceptors (Lipinski definition) is 8. The van der Waals surface area contributed by atoms with Crippen LogP contribution in [0.5, 0.6) is 5.75 Å². The van der Waals surface area contributed by atoms with Gasteiger partial charge in [0.15, 0.2) is 10.9 Å². The van der Waals surface area contributed by atoms with Crippen molar-refractivity contribution in [3.8, 4) is 5.75 Å². The number of carbonyl (C=O) groups excluding carboxylic acids is 1. The molecule has 4 rings (SSSR count). The van der Waals surface area contributed by atoms with E-state index in [4.69, 9.17) is 21.3 Å². The highest BCUT2D eigenvalue weighted by Crippen LogP contribution is 2.38. The molecule has 0 saturated carbocycles. The van der Waals surface area contributed by atoms with Crippen molar-refractivity contribution in [2.75, 3.05) is 51.3 Å². The molecule has 0 bridgehead atoms. The van der Waals surface area contributed by atoms with Crippen molar-refractivity contribution in [1.82, 2.24) is 15.2 Å². The number of piperazine rings is 1. The molecule has 0 unspecified atom stereocenters. The molecular formula is C21H22ClN5O4S. The zero-order valence-electron chi connectivity index (χ0n) is 17.4. The minimum absolute atomic E-state index is 0.0940. The van der Waals surface area contributed by atoms with Crippen LogP contribution in [-0.2, 0) is 0 Å². The van der Waals surface area contributed by atoms with Crippen LogP contribution in [0.25, 0.3) is 10.2 Å². The third kappa shape index (κ3) is 4.77. The van der Waals surface area contributed by atoms with Gasteiger partial charge >= 0.3 is 0 Å². The van der Waals surface area contributed by atoms with E-state index in [-0.39, 0.29) is 17.2 Å². The molecule has 168 valence electrons. The number of hydrogen-bond donors (Lipinski definition) is 1. The van der Waals surface area contributed by atoms with E-state index in [9.17, 15) is 14.9 Å². The lowest BCUT2D eigenvalue weighted by Crippen LogP contribution is -2.48. The van der Waals surface area contributed by atoms with Crippen LogP contribution in [0, 0.1) is 10.1 Å². The average molecular weight is 476 g/mol. The highest BCUT2D eigenvalue weighted by atomic mass is 35.5. The van der Waals surface area contributed by atoms with Crippen LogP contribution in [0.1, 0.15) is 10.4 Å². The van der Waals surface area contributed by atoms with Gasteiger partial charge in [0.1, 0.15) is 5.52 Å². The lowest BCUT2D eigenvalue weighted by atomic mass is 10.2. The van der Waals surface area contributed by atoms with Crippen molar-refractivity contribution < 1.29 is 14.5 Å². The van der Waals surface area contributed by atoms with Gasteiger partial charge in [-0.1, -0.05) is 29.0 Å². The van der Waals surface area contributed by atoms with Gasteiger partial charge in [0.25, 0.3) is 11.6 Å². The van der Waals surface area contributed by atoms with Crippen molar-refractivity contribution in [2.45, 2.75) is 0 Å². The molecule has 0 spiro atoms. The molecule has 2 aromatic carbocycles. The Morgan fingerprint density at radius 2 is 2.06 bits per heavy atom. The molecule has 1 N–H and O–H groups in total. The number of rotatable bonds is 7. The van der Waals surface area contributed by atoms with Gasteiger partial charge in [-0.05, 0) is 18.2 Å². The van der Waals surface area contributed by atoms with Crippen LogP contribution in [0.15, 0.2) is 36.4 Å². The number of nitrogens with zero attached hydrogens (tertiary/aromatic N) is 4. The van der Waals surface area contributed by atoms with Crippen LogP contribution in [0.2, 0.25) is 5.02 Å². The highest BCUT2D eigenvalue weighted by Gasteiger charge is 2.21. The number of aromatic nitrogens is 1. The number of methoxy groups -OCH3 is 1. The number of nitrogens with one attached hydrogen (secondary N) is 1. The third-order valence-electron chi connectivity index (χ3n) is 5.33. The van der Waals surface area contributed by atoms with Gasteiger partial charge in [-0.3, -0.25) is 19.8 Å². The van der Waals surface area contributed by atoms with Crippen LogP contribution in [0.4, 0.5) is 10.8 Å². The summed E-state index contributed by atoms with van der Waals surface area (Å²) in [7, 11) is 1.59. The maximum atomic E-state index is 12.3. The monoisotopic (exact) mass is 475 g/mol. The van der Waals surface area contributed by atoms with Crippen molar-refractivity contribution in [1.29, 1.82) is 0 Å². The summed E-state index contributed by atoms with van der Waals surface area (Å²) < 4.78 is 6.44. The van der Waals surface area contributed by atoms with Crippen molar-refractivity contribution in [3.05, 3.63) is 57.1 Å². The topological polar surface area (TPSA) is 101 Å². The van der Waals surface area contributed by atoms with Crippen LogP contribution < -0.4 is 15.0 Å². The van der Waals surface area contributed by atoms with Gasteiger partial charge in [-0.25, -0.2) is 4.98 Å². The predicted molar refractivity (Wildman–Crippen MR) is 125 cm³/mol. The molecule has 0 atom stereocenters. The molecule has 9 nitrogen and oxygen atoms in total. The molecule has 32 heavy (non-hydrogen) atoms. The SMILES string of the molecule is COc1c(Cl)ccc2sc(N3CCN(CCNC(=O)c4cccc([N+](=O)[O-])c4)CC3)nc12. The van der Waals surface area contributed by atoms with Gasteiger partial charge in [0, 0.05) is 57.0 Å². The average Bonchev–Trinajstić information content (AvgIpc) is 3.24. The second-order valence-corrected chi connectivity index (χ2v) is 8.73. The van der Waals surface area contributed by atoms with Gasteiger partial charge in [0.2, 0.25) is 0 Å². The van der Waals surface area contributed by atoms with E-state index >= 15 is 0 Å². The normalized spacial score (nSPS) is 14.5. The lowest BCUT2D eigenvalue weighted by molar-refractivity contribution is -0.384. The van der Waals surface area contributed by atoms with Crippen LogP contribution in [0.3, 0.4) is 0 Å². The number of halogens is 1. The van der Waals surface area contributed by atoms with E-state index < -0.39 is 4.92 Å². The Balaban J connectivity index is 1.28. The molecule has 1 amide bonds. The summed E-state index contributed by atoms with van der Waals surface area (Å²) in [4.78, 5) is 31.9. The molecule has 3 aromatic rings. The van der Waals surface area contributed by atoms with E-state index in [0.29, 0.717) is 23.9 Å². The Hall–Kier alpha value is -2.95. The number of thiazole rings is 1. The molecule has 1 aliphatic heterocycles. The standard InChI is InChI=1S/C21H22ClN5O4S/c1-31-19-16(22)5-6-17-18(19)24-21(32-17)26-11-9-25(10-12-26)8-7-23-20(28)14-3-2-4-15(13-14)27(29)30/h2-6,13H,7-12H2,1H3,(H,23,28). The Labute approximate surface area is 193 Å². The van der Waals surface area contributed by atoms with E-state index in [1.54, 1.807) is 24.5 Å². The summed E-state index contributed by atoms with van der Waals surface area (Å²) in [5, 5.41) is 15.2. The van der Waals surface area contributed by atoms with Gasteiger partial charge in [0.05, 0.1) is 21.8 Å². The molecule has 2 heterocycles. The number of benzene rings is 2. The number of nitro groups is 1. The number of nitro benzene ring substituents is 1. The first-order valence-corrected chi connectivity index (χ1v) is 11.3. The minimum Gasteiger partial charge on any atom is -0.493 e. The fourth-order valence-electron chi connectivity index (χ4n) is 3.62. The minimum atomic E-state index is -0.508. The zero-order chi connectivity index (χ0) is 22.7. The molecule has 1 saturated heterocycles. The summed E-state index contributed by atoms with van der Waals surface area (Å²) in [5.74, 6) is 0.291. The molecule has 1 aliphatic rings. The largest absolute Gasteiger partial charge is 0.493 e. The Bertz CT molecular complexity index is 1150.